The molecule has 368 valence electrons. The van der Waals surface area contributed by atoms with E-state index in [0.29, 0.717) is 97.8 Å². The summed E-state index contributed by atoms with van der Waals surface area (Å²) >= 11 is 0. The van der Waals surface area contributed by atoms with Crippen LogP contribution in [0.4, 0.5) is 28.7 Å². The predicted octanol–water partition coefficient (Wildman–Crippen LogP) is 3.92. The van der Waals surface area contributed by atoms with Crippen molar-refractivity contribution in [2.24, 2.45) is 5.73 Å². The average Bonchev–Trinajstić information content (AvgIpc) is 3.69. The van der Waals surface area contributed by atoms with E-state index in [2.05, 4.69) is 36.1 Å². The summed E-state index contributed by atoms with van der Waals surface area (Å²) < 4.78 is 11.4. The van der Waals surface area contributed by atoms with E-state index < -0.39 is 24.4 Å². The smallest absolute Gasteiger partial charge is 0.271 e. The van der Waals surface area contributed by atoms with Crippen molar-refractivity contribution in [3.8, 4) is 5.75 Å². The quantitative estimate of drug-likeness (QED) is 0.0895. The molecular formula is C49H69N11O8. The van der Waals surface area contributed by atoms with Gasteiger partial charge in [0.15, 0.2) is 17.3 Å². The Kier molecular flexibility index (Phi) is 16.3. The van der Waals surface area contributed by atoms with Crippen LogP contribution in [0.3, 0.4) is 0 Å². The van der Waals surface area contributed by atoms with Gasteiger partial charge >= 0.3 is 0 Å². The number of hydrogen-bond donors (Lipinski definition) is 7. The Morgan fingerprint density at radius 3 is 2.35 bits per heavy atom. The van der Waals surface area contributed by atoms with E-state index in [1.165, 1.54) is 0 Å². The van der Waals surface area contributed by atoms with Crippen molar-refractivity contribution in [3.05, 3.63) is 58.9 Å². The summed E-state index contributed by atoms with van der Waals surface area (Å²) in [6, 6.07) is 11.4. The number of hydrogen-bond acceptors (Lipinski definition) is 15. The third-order valence-electron chi connectivity index (χ3n) is 14.2. The number of fused-ring (bicyclic) bond motifs is 1. The van der Waals surface area contributed by atoms with Crippen molar-refractivity contribution in [2.75, 3.05) is 80.4 Å². The minimum atomic E-state index is -1.03. The maximum atomic E-state index is 13.2. The van der Waals surface area contributed by atoms with Crippen LogP contribution in [-0.2, 0) is 27.3 Å². The number of ether oxygens (including phenoxy) is 2. The first-order valence-electron chi connectivity index (χ1n) is 24.6. The van der Waals surface area contributed by atoms with E-state index >= 15 is 0 Å². The van der Waals surface area contributed by atoms with Gasteiger partial charge in [-0.15, -0.1) is 0 Å². The molecule has 1 aromatic heterocycles. The molecule has 19 heteroatoms. The Morgan fingerprint density at radius 2 is 1.65 bits per heavy atom. The van der Waals surface area contributed by atoms with Crippen LogP contribution in [0.5, 0.6) is 5.75 Å². The second-order valence-corrected chi connectivity index (χ2v) is 18.6. The van der Waals surface area contributed by atoms with E-state index in [9.17, 15) is 29.4 Å². The first-order valence-corrected chi connectivity index (χ1v) is 24.6. The first kappa shape index (κ1) is 48.8. The minimum Gasteiger partial charge on any atom is -0.495 e. The molecule has 2 aromatic carbocycles. The molecule has 4 saturated heterocycles. The number of piperidine rings is 2. The van der Waals surface area contributed by atoms with Gasteiger partial charge < -0.3 is 56.1 Å². The summed E-state index contributed by atoms with van der Waals surface area (Å²) in [6.45, 7) is 8.55. The number of nitrogens with one attached hydrogen (secondary N) is 4. The maximum Gasteiger partial charge on any atom is 0.271 e. The van der Waals surface area contributed by atoms with E-state index in [0.717, 1.165) is 95.5 Å². The standard InChI is InChI=1S/C49H69N11O8/c1-3-36-46(51-31-19-27-68-28-20-31)56-47(44(54-36)45(50)64)52-32-13-14-38(40(29-32)67-2)58-21-17-33(18-22-58)57-23-25-59(26-24-57)43(63)12-7-5-4-6-11-41(61)53-37-10-8-9-34-35(37)30-60(49(34)66)39-15-16-42(62)55-48(39)65/h8-10,13-14,29,31,33,39,42,48,55,62,65H,3-7,11-12,15-28,30H2,1-2H3,(H2,50,64)(H,53,61)(H2,51,52,56). The summed E-state index contributed by atoms with van der Waals surface area (Å²) in [5.41, 5.74) is 10.1. The van der Waals surface area contributed by atoms with Gasteiger partial charge in [0, 0.05) is 113 Å². The van der Waals surface area contributed by atoms with Crippen LogP contribution in [0.25, 0.3) is 0 Å². The molecule has 5 aliphatic rings. The number of aryl methyl sites for hydroxylation is 1. The van der Waals surface area contributed by atoms with Gasteiger partial charge in [0.2, 0.25) is 11.8 Å². The van der Waals surface area contributed by atoms with Gasteiger partial charge in [0.1, 0.15) is 18.2 Å². The Bertz CT molecular complexity index is 2260. The van der Waals surface area contributed by atoms with Gasteiger partial charge in [-0.05, 0) is 82.1 Å². The normalized spacial score (nSPS) is 21.7. The Balaban J connectivity index is 0.734. The van der Waals surface area contributed by atoms with Crippen LogP contribution in [0.2, 0.25) is 0 Å². The van der Waals surface area contributed by atoms with Crippen LogP contribution in [0, 0.1) is 0 Å². The number of methoxy groups -OCH3 is 1. The molecule has 3 aromatic rings. The molecule has 8 N–H and O–H groups in total. The molecule has 8 rings (SSSR count). The lowest BCUT2D eigenvalue weighted by Gasteiger charge is -2.43. The number of aliphatic hydroxyl groups is 2. The lowest BCUT2D eigenvalue weighted by Crippen LogP contribution is -2.56. The van der Waals surface area contributed by atoms with E-state index in [1.807, 2.05) is 30.0 Å². The average molecular weight is 940 g/mol. The molecule has 0 radical (unpaired) electrons. The topological polar surface area (TPSA) is 240 Å². The third-order valence-corrected chi connectivity index (χ3v) is 14.2. The number of rotatable bonds is 18. The van der Waals surface area contributed by atoms with Crippen molar-refractivity contribution < 1.29 is 38.9 Å². The fourth-order valence-electron chi connectivity index (χ4n) is 10.3. The van der Waals surface area contributed by atoms with Crippen molar-refractivity contribution in [1.29, 1.82) is 0 Å². The number of nitrogens with zero attached hydrogens (tertiary/aromatic N) is 6. The molecule has 0 spiro atoms. The van der Waals surface area contributed by atoms with Crippen LogP contribution < -0.4 is 36.6 Å². The highest BCUT2D eigenvalue weighted by Crippen LogP contribution is 2.36. The van der Waals surface area contributed by atoms with Crippen molar-refractivity contribution in [2.45, 2.75) is 128 Å². The number of unbranched alkanes of at least 4 members (excludes halogenated alkanes) is 3. The van der Waals surface area contributed by atoms with Crippen LogP contribution >= 0.6 is 0 Å². The zero-order chi connectivity index (χ0) is 47.7. The molecule has 68 heavy (non-hydrogen) atoms. The molecular weight excluding hydrogens is 871 g/mol. The Morgan fingerprint density at radius 1 is 0.897 bits per heavy atom. The Hall–Kier alpha value is -5.60. The number of nitrogens with two attached hydrogens (primary N) is 1. The van der Waals surface area contributed by atoms with Crippen LogP contribution in [0.15, 0.2) is 36.4 Å². The highest BCUT2D eigenvalue weighted by Gasteiger charge is 2.40. The van der Waals surface area contributed by atoms with Crippen molar-refractivity contribution in [1.82, 2.24) is 30.0 Å². The van der Waals surface area contributed by atoms with Gasteiger partial charge in [-0.2, -0.15) is 0 Å². The highest BCUT2D eigenvalue weighted by atomic mass is 16.5. The van der Waals surface area contributed by atoms with Gasteiger partial charge in [-0.25, -0.2) is 9.97 Å². The summed E-state index contributed by atoms with van der Waals surface area (Å²) in [7, 11) is 1.66. The fourth-order valence-corrected chi connectivity index (χ4v) is 10.3. The van der Waals surface area contributed by atoms with E-state index in [1.54, 1.807) is 30.2 Å². The maximum absolute atomic E-state index is 13.2. The molecule has 4 fully saturated rings. The van der Waals surface area contributed by atoms with Gasteiger partial charge in [0.05, 0.1) is 24.5 Å². The number of aromatic nitrogens is 2. The van der Waals surface area contributed by atoms with Gasteiger partial charge in [0.25, 0.3) is 11.8 Å². The number of anilines is 5. The summed E-state index contributed by atoms with van der Waals surface area (Å²) in [5.74, 6) is 0.873. The monoisotopic (exact) mass is 940 g/mol. The molecule has 3 atom stereocenters. The van der Waals surface area contributed by atoms with Crippen LogP contribution in [0.1, 0.15) is 116 Å². The summed E-state index contributed by atoms with van der Waals surface area (Å²) in [6.07, 6.45) is 7.45. The summed E-state index contributed by atoms with van der Waals surface area (Å²) in [4.78, 5) is 69.8. The minimum absolute atomic E-state index is 0.0872. The SMILES string of the molecule is CCc1nc(C(N)=O)c(Nc2ccc(N3CCC(N4CCN(C(=O)CCCCCCC(=O)Nc5cccc6c5CN(C5CCC(O)NC5O)C6=O)CC4)CC3)c(OC)c2)nc1NC1CCOCC1. The molecule has 4 amide bonds. The summed E-state index contributed by atoms with van der Waals surface area (Å²) in [5, 5.41) is 32.8. The molecule has 0 saturated carbocycles. The van der Waals surface area contributed by atoms with Gasteiger partial charge in [-0.3, -0.25) is 29.4 Å². The molecule has 0 aliphatic carbocycles. The fraction of sp³-hybridized carbons (Fsp3) is 0.592. The second kappa shape index (κ2) is 22.7. The van der Waals surface area contributed by atoms with E-state index in [-0.39, 0.29) is 36.0 Å². The molecule has 19 nitrogen and oxygen atoms in total. The molecule has 6 heterocycles. The molecule has 5 aliphatic heterocycles. The number of piperazine rings is 1. The first-order chi connectivity index (χ1) is 33.0. The lowest BCUT2D eigenvalue weighted by molar-refractivity contribution is -0.133. The molecule has 0 bridgehead atoms. The zero-order valence-corrected chi connectivity index (χ0v) is 39.5. The largest absolute Gasteiger partial charge is 0.495 e. The zero-order valence-electron chi connectivity index (χ0n) is 39.5. The third kappa shape index (κ3) is 11.6. The number of aliphatic hydroxyl groups excluding tert-OH is 2. The second-order valence-electron chi connectivity index (χ2n) is 18.6. The lowest BCUT2D eigenvalue weighted by atomic mass is 10.0. The van der Waals surface area contributed by atoms with Crippen LogP contribution in [-0.4, -0.2) is 149 Å². The number of carbonyl (C=O) groups excluding carboxylic acids is 4. The number of carbonyl (C=O) groups is 4. The molecule has 3 unspecified atom stereocenters. The number of primary amides is 1. The number of benzene rings is 2. The van der Waals surface area contributed by atoms with Crippen molar-refractivity contribution in [3.63, 3.8) is 0 Å². The predicted molar refractivity (Wildman–Crippen MR) is 258 cm³/mol. The van der Waals surface area contributed by atoms with Gasteiger partial charge in [-0.1, -0.05) is 25.8 Å². The van der Waals surface area contributed by atoms with E-state index in [4.69, 9.17) is 20.2 Å². The highest BCUT2D eigenvalue weighted by molar-refractivity contribution is 6.02. The number of amides is 4. The van der Waals surface area contributed by atoms with Crippen molar-refractivity contribution >= 4 is 52.3 Å². The Labute approximate surface area is 398 Å².